The van der Waals surface area contributed by atoms with E-state index >= 15 is 0 Å². The third-order valence-electron chi connectivity index (χ3n) is 4.88. The molecule has 0 bridgehead atoms. The Labute approximate surface area is 88.6 Å². The molecular weight excluding hydrogens is 174 g/mol. The first kappa shape index (κ1) is 12.0. The van der Waals surface area contributed by atoms with Crippen molar-refractivity contribution in [2.45, 2.75) is 46.2 Å². The van der Waals surface area contributed by atoms with E-state index < -0.39 is 0 Å². The first-order valence-electron chi connectivity index (χ1n) is 5.34. The molecule has 1 rings (SSSR count). The Kier molecular flexibility index (Phi) is 2.72. The number of hydrogen-bond acceptors (Lipinski definition) is 3. The van der Waals surface area contributed by atoms with Gasteiger partial charge in [-0.05, 0) is 20.8 Å². The molecule has 3 heteroatoms. The zero-order chi connectivity index (χ0) is 11.3. The van der Waals surface area contributed by atoms with E-state index in [0.717, 1.165) is 0 Å². The third-order valence-corrected chi connectivity index (χ3v) is 4.88. The van der Waals surface area contributed by atoms with Crippen molar-refractivity contribution >= 4 is 0 Å². The van der Waals surface area contributed by atoms with Gasteiger partial charge in [-0.2, -0.15) is 5.12 Å². The van der Waals surface area contributed by atoms with Crippen molar-refractivity contribution in [1.29, 1.82) is 0 Å². The number of nitrogens with zero attached hydrogens (tertiary/aromatic N) is 3. The smallest absolute Gasteiger partial charge is 0.0376 e. The lowest BCUT2D eigenvalue weighted by molar-refractivity contribution is -0.285. The summed E-state index contributed by atoms with van der Waals surface area (Å²) in [5.41, 5.74) is 0.441. The Morgan fingerprint density at radius 1 is 0.929 bits per heavy atom. The molecule has 1 unspecified atom stereocenters. The first-order valence-corrected chi connectivity index (χ1v) is 5.34. The normalized spacial score (nSPS) is 34.7. The van der Waals surface area contributed by atoms with E-state index in [0.29, 0.717) is 6.04 Å². The molecule has 0 aromatic heterocycles. The standard InChI is InChI=1S/C11H25N3/c1-9-10(2,3)11(4,5)13(7)14(8)12(9)6/h9H,1-8H3. The molecule has 0 spiro atoms. The topological polar surface area (TPSA) is 9.72 Å². The highest BCUT2D eigenvalue weighted by molar-refractivity contribution is 5.01. The minimum atomic E-state index is 0.174. The summed E-state index contributed by atoms with van der Waals surface area (Å²) in [6.07, 6.45) is 0. The van der Waals surface area contributed by atoms with Crippen LogP contribution in [0.1, 0.15) is 34.6 Å². The molecule has 14 heavy (non-hydrogen) atoms. The molecule has 84 valence electrons. The zero-order valence-corrected chi connectivity index (χ0v) is 10.9. The van der Waals surface area contributed by atoms with Gasteiger partial charge >= 0.3 is 0 Å². The fraction of sp³-hybridized carbons (Fsp3) is 1.00. The van der Waals surface area contributed by atoms with Crippen LogP contribution in [-0.4, -0.2) is 47.9 Å². The molecule has 1 fully saturated rings. The van der Waals surface area contributed by atoms with Gasteiger partial charge in [0.1, 0.15) is 0 Å². The van der Waals surface area contributed by atoms with Crippen molar-refractivity contribution in [3.8, 4) is 0 Å². The molecule has 0 aromatic carbocycles. The van der Waals surface area contributed by atoms with Gasteiger partial charge in [-0.3, -0.25) is 0 Å². The molecule has 1 saturated heterocycles. The molecule has 0 radical (unpaired) electrons. The Morgan fingerprint density at radius 2 is 1.36 bits per heavy atom. The van der Waals surface area contributed by atoms with Crippen LogP contribution >= 0.6 is 0 Å². The van der Waals surface area contributed by atoms with E-state index in [1.54, 1.807) is 0 Å². The molecule has 0 aliphatic carbocycles. The Hall–Kier alpha value is -0.120. The summed E-state index contributed by atoms with van der Waals surface area (Å²) >= 11 is 0. The highest BCUT2D eigenvalue weighted by Crippen LogP contribution is 2.44. The predicted octanol–water partition coefficient (Wildman–Crippen LogP) is 1.82. The second-order valence-electron chi connectivity index (χ2n) is 5.54. The lowest BCUT2D eigenvalue weighted by Gasteiger charge is -2.62. The Morgan fingerprint density at radius 3 is 1.79 bits per heavy atom. The van der Waals surface area contributed by atoms with E-state index in [-0.39, 0.29) is 11.0 Å². The molecule has 1 aliphatic heterocycles. The van der Waals surface area contributed by atoms with Crippen LogP contribution in [0, 0.1) is 5.41 Å². The summed E-state index contributed by atoms with van der Waals surface area (Å²) in [4.78, 5) is 0. The first-order chi connectivity index (χ1) is 6.14. The summed E-state index contributed by atoms with van der Waals surface area (Å²) in [6, 6.07) is 0.540. The minimum absolute atomic E-state index is 0.174. The summed E-state index contributed by atoms with van der Waals surface area (Å²) in [5, 5.41) is 6.81. The number of hydrogen-bond donors (Lipinski definition) is 0. The third kappa shape index (κ3) is 1.30. The van der Waals surface area contributed by atoms with E-state index in [1.165, 1.54) is 0 Å². The maximum atomic E-state index is 2.34. The second kappa shape index (κ2) is 3.19. The van der Waals surface area contributed by atoms with Gasteiger partial charge in [0.05, 0.1) is 0 Å². The molecule has 1 aliphatic rings. The molecule has 1 heterocycles. The van der Waals surface area contributed by atoms with E-state index in [1.807, 2.05) is 0 Å². The fourth-order valence-electron chi connectivity index (χ4n) is 2.22. The van der Waals surface area contributed by atoms with Crippen LogP contribution < -0.4 is 0 Å². The van der Waals surface area contributed by atoms with Gasteiger partial charge in [-0.15, -0.1) is 0 Å². The lowest BCUT2D eigenvalue weighted by Crippen LogP contribution is -2.72. The summed E-state index contributed by atoms with van der Waals surface area (Å²) in [6.45, 7) is 11.6. The molecule has 0 saturated carbocycles. The van der Waals surface area contributed by atoms with Crippen LogP contribution in [0.4, 0.5) is 0 Å². The van der Waals surface area contributed by atoms with Gasteiger partial charge in [0.25, 0.3) is 0 Å². The van der Waals surface area contributed by atoms with Crippen LogP contribution in [-0.2, 0) is 0 Å². The van der Waals surface area contributed by atoms with Gasteiger partial charge in [0.2, 0.25) is 0 Å². The Balaban J connectivity index is 3.10. The highest BCUT2D eigenvalue weighted by Gasteiger charge is 2.51. The van der Waals surface area contributed by atoms with Crippen LogP contribution in [0.2, 0.25) is 0 Å². The van der Waals surface area contributed by atoms with Crippen molar-refractivity contribution in [2.75, 3.05) is 21.1 Å². The average molecular weight is 199 g/mol. The van der Waals surface area contributed by atoms with Crippen LogP contribution in [0.25, 0.3) is 0 Å². The van der Waals surface area contributed by atoms with Crippen molar-refractivity contribution in [2.24, 2.45) is 5.41 Å². The minimum Gasteiger partial charge on any atom is -0.228 e. The van der Waals surface area contributed by atoms with Gasteiger partial charge < -0.3 is 0 Å². The van der Waals surface area contributed by atoms with Gasteiger partial charge in [-0.1, -0.05) is 13.8 Å². The highest BCUT2D eigenvalue weighted by atomic mass is 15.9. The number of hydrazine groups is 2. The molecule has 3 nitrogen and oxygen atoms in total. The van der Waals surface area contributed by atoms with E-state index in [4.69, 9.17) is 0 Å². The van der Waals surface area contributed by atoms with Gasteiger partial charge in [-0.25, -0.2) is 10.0 Å². The van der Waals surface area contributed by atoms with Gasteiger partial charge in [0, 0.05) is 38.1 Å². The largest absolute Gasteiger partial charge is 0.228 e. The van der Waals surface area contributed by atoms with Crippen LogP contribution in [0.15, 0.2) is 0 Å². The SMILES string of the molecule is CC1N(C)N(C)N(C)C(C)(C)C1(C)C. The van der Waals surface area contributed by atoms with Crippen LogP contribution in [0.3, 0.4) is 0 Å². The van der Waals surface area contributed by atoms with Crippen LogP contribution in [0.5, 0.6) is 0 Å². The van der Waals surface area contributed by atoms with Gasteiger partial charge in [0.15, 0.2) is 0 Å². The Bertz CT molecular complexity index is 199. The summed E-state index contributed by atoms with van der Waals surface area (Å²) in [7, 11) is 6.43. The lowest BCUT2D eigenvalue weighted by atomic mass is 9.68. The quantitative estimate of drug-likeness (QED) is 0.589. The number of rotatable bonds is 0. The van der Waals surface area contributed by atoms with Crippen molar-refractivity contribution in [1.82, 2.24) is 15.1 Å². The second-order valence-corrected chi connectivity index (χ2v) is 5.54. The van der Waals surface area contributed by atoms with Crippen molar-refractivity contribution in [3.63, 3.8) is 0 Å². The average Bonchev–Trinajstić information content (AvgIpc) is 2.10. The van der Waals surface area contributed by atoms with E-state index in [2.05, 4.69) is 70.9 Å². The molecule has 0 aromatic rings. The summed E-state index contributed by atoms with van der Waals surface area (Å²) < 4.78 is 0. The van der Waals surface area contributed by atoms with Crippen molar-refractivity contribution < 1.29 is 0 Å². The molecule has 0 amide bonds. The summed E-state index contributed by atoms with van der Waals surface area (Å²) in [5.74, 6) is 0. The zero-order valence-electron chi connectivity index (χ0n) is 10.9. The maximum absolute atomic E-state index is 2.34. The monoisotopic (exact) mass is 199 g/mol. The molecule has 1 atom stereocenters. The molecular formula is C11H25N3. The van der Waals surface area contributed by atoms with E-state index in [9.17, 15) is 0 Å². The maximum Gasteiger partial charge on any atom is 0.0376 e. The molecule has 0 N–H and O–H groups in total. The van der Waals surface area contributed by atoms with Crippen molar-refractivity contribution in [3.05, 3.63) is 0 Å². The predicted molar refractivity (Wildman–Crippen MR) is 60.6 cm³/mol. The fourth-order valence-corrected chi connectivity index (χ4v) is 2.22.